The minimum atomic E-state index is -5.20. The highest BCUT2D eigenvalue weighted by Crippen LogP contribution is 2.38. The summed E-state index contributed by atoms with van der Waals surface area (Å²) in [7, 11) is 0. The Morgan fingerprint density at radius 2 is 1.60 bits per heavy atom. The fourth-order valence-electron chi connectivity index (χ4n) is 1.90. The standard InChI is InChI=1S/C14H17F3O3/c1-12(2,10-6-4-3-5-7-10)8-9-13(20,11(18)19)14(15,16)17/h3-7,20H,8-9H2,1-2H3,(H,18,19). The molecule has 0 saturated carbocycles. The Bertz CT molecular complexity index is 468. The van der Waals surface area contributed by atoms with Gasteiger partial charge in [0.1, 0.15) is 0 Å². The number of alkyl halides is 3. The normalized spacial score (nSPS) is 15.7. The van der Waals surface area contributed by atoms with Crippen LogP contribution in [0.1, 0.15) is 32.3 Å². The zero-order chi connectivity index (χ0) is 15.6. The lowest BCUT2D eigenvalue weighted by molar-refractivity contribution is -0.262. The molecule has 0 aliphatic carbocycles. The lowest BCUT2D eigenvalue weighted by Gasteiger charge is -2.31. The van der Waals surface area contributed by atoms with E-state index in [1.807, 2.05) is 0 Å². The number of halogens is 3. The number of carboxylic acids is 1. The molecule has 3 nitrogen and oxygen atoms in total. The van der Waals surface area contributed by atoms with Gasteiger partial charge >= 0.3 is 12.1 Å². The molecule has 0 amide bonds. The number of carboxylic acid groups (broad SMARTS) is 1. The van der Waals surface area contributed by atoms with E-state index in [-0.39, 0.29) is 6.42 Å². The van der Waals surface area contributed by atoms with E-state index in [4.69, 9.17) is 5.11 Å². The third-order valence-corrected chi connectivity index (χ3v) is 3.49. The van der Waals surface area contributed by atoms with Crippen LogP contribution >= 0.6 is 0 Å². The smallest absolute Gasteiger partial charge is 0.428 e. The summed E-state index contributed by atoms with van der Waals surface area (Å²) in [5.74, 6) is -2.27. The van der Waals surface area contributed by atoms with E-state index in [0.29, 0.717) is 0 Å². The highest BCUT2D eigenvalue weighted by atomic mass is 19.4. The summed E-state index contributed by atoms with van der Waals surface area (Å²) >= 11 is 0. The molecule has 1 rings (SSSR count). The first-order valence-electron chi connectivity index (χ1n) is 6.09. The Morgan fingerprint density at radius 1 is 1.10 bits per heavy atom. The van der Waals surface area contributed by atoms with Crippen LogP contribution in [0.4, 0.5) is 13.2 Å². The zero-order valence-corrected chi connectivity index (χ0v) is 11.2. The third-order valence-electron chi connectivity index (χ3n) is 3.49. The van der Waals surface area contributed by atoms with E-state index in [0.717, 1.165) is 5.56 Å². The maximum absolute atomic E-state index is 12.7. The lowest BCUT2D eigenvalue weighted by Crippen LogP contribution is -2.52. The van der Waals surface area contributed by atoms with Crippen molar-refractivity contribution in [3.63, 3.8) is 0 Å². The largest absolute Gasteiger partial charge is 0.479 e. The fraction of sp³-hybridized carbons (Fsp3) is 0.500. The Labute approximate surface area is 115 Å². The Balaban J connectivity index is 2.91. The van der Waals surface area contributed by atoms with Crippen LogP contribution in [0.25, 0.3) is 0 Å². The van der Waals surface area contributed by atoms with E-state index >= 15 is 0 Å². The van der Waals surface area contributed by atoms with Crippen LogP contribution in [0.2, 0.25) is 0 Å². The van der Waals surface area contributed by atoms with Gasteiger partial charge in [0.15, 0.2) is 0 Å². The summed E-state index contributed by atoms with van der Waals surface area (Å²) in [6.45, 7) is 3.42. The van der Waals surface area contributed by atoms with Gasteiger partial charge in [-0.25, -0.2) is 4.79 Å². The molecule has 1 unspecified atom stereocenters. The van der Waals surface area contributed by atoms with Crippen LogP contribution in [0.5, 0.6) is 0 Å². The highest BCUT2D eigenvalue weighted by molar-refractivity contribution is 5.78. The quantitative estimate of drug-likeness (QED) is 0.876. The lowest BCUT2D eigenvalue weighted by atomic mass is 9.77. The second-order valence-corrected chi connectivity index (χ2v) is 5.41. The molecule has 20 heavy (non-hydrogen) atoms. The second-order valence-electron chi connectivity index (χ2n) is 5.41. The summed E-state index contributed by atoms with van der Waals surface area (Å²) in [4.78, 5) is 10.8. The van der Waals surface area contributed by atoms with Gasteiger partial charge in [0, 0.05) is 0 Å². The van der Waals surface area contributed by atoms with Crippen LogP contribution in [0, 0.1) is 0 Å². The van der Waals surface area contributed by atoms with Gasteiger partial charge in [0.05, 0.1) is 0 Å². The van der Waals surface area contributed by atoms with Crippen molar-refractivity contribution < 1.29 is 28.2 Å². The first-order chi connectivity index (χ1) is 9.01. The third kappa shape index (κ3) is 3.30. The molecule has 0 fully saturated rings. The number of aliphatic hydroxyl groups is 1. The predicted octanol–water partition coefficient (Wildman–Crippen LogP) is 3.12. The van der Waals surface area contributed by atoms with Gasteiger partial charge in [-0.3, -0.25) is 0 Å². The van der Waals surface area contributed by atoms with Gasteiger partial charge < -0.3 is 10.2 Å². The average molecular weight is 290 g/mol. The molecule has 1 atom stereocenters. The van der Waals surface area contributed by atoms with Crippen LogP contribution in [0.15, 0.2) is 30.3 Å². The first kappa shape index (κ1) is 16.5. The number of aliphatic carboxylic acids is 1. The number of rotatable bonds is 5. The van der Waals surface area contributed by atoms with Crippen molar-refractivity contribution in [1.82, 2.24) is 0 Å². The maximum Gasteiger partial charge on any atom is 0.428 e. The molecule has 0 radical (unpaired) electrons. The van der Waals surface area contributed by atoms with Crippen molar-refractivity contribution in [3.05, 3.63) is 35.9 Å². The molecule has 0 spiro atoms. The van der Waals surface area contributed by atoms with Crippen molar-refractivity contribution in [2.45, 2.75) is 43.9 Å². The molecule has 112 valence electrons. The van der Waals surface area contributed by atoms with Crippen molar-refractivity contribution >= 4 is 5.97 Å². The topological polar surface area (TPSA) is 57.5 Å². The Hall–Kier alpha value is -1.56. The summed E-state index contributed by atoms with van der Waals surface area (Å²) < 4.78 is 38.1. The highest BCUT2D eigenvalue weighted by Gasteiger charge is 2.59. The van der Waals surface area contributed by atoms with Gasteiger partial charge in [-0.15, -0.1) is 0 Å². The zero-order valence-electron chi connectivity index (χ0n) is 11.2. The van der Waals surface area contributed by atoms with Crippen molar-refractivity contribution in [2.75, 3.05) is 0 Å². The molecule has 0 saturated heterocycles. The van der Waals surface area contributed by atoms with E-state index in [1.165, 1.54) is 0 Å². The summed E-state index contributed by atoms with van der Waals surface area (Å²) in [6, 6.07) is 8.80. The van der Waals surface area contributed by atoms with Gasteiger partial charge in [-0.2, -0.15) is 13.2 Å². The van der Waals surface area contributed by atoms with E-state index in [2.05, 4.69) is 0 Å². The second kappa shape index (κ2) is 5.44. The van der Waals surface area contributed by atoms with Gasteiger partial charge in [0.25, 0.3) is 5.60 Å². The molecule has 0 aliphatic heterocycles. The molecule has 0 aliphatic rings. The molecule has 1 aromatic rings. The van der Waals surface area contributed by atoms with Crippen LogP contribution < -0.4 is 0 Å². The van der Waals surface area contributed by atoms with Crippen LogP contribution in [0.3, 0.4) is 0 Å². The Morgan fingerprint density at radius 3 is 2.00 bits per heavy atom. The average Bonchev–Trinajstić information content (AvgIpc) is 2.35. The van der Waals surface area contributed by atoms with Crippen molar-refractivity contribution in [1.29, 1.82) is 0 Å². The van der Waals surface area contributed by atoms with Crippen LogP contribution in [-0.2, 0) is 10.2 Å². The maximum atomic E-state index is 12.7. The molecule has 0 heterocycles. The molecule has 0 aromatic heterocycles. The predicted molar refractivity (Wildman–Crippen MR) is 67.3 cm³/mol. The van der Waals surface area contributed by atoms with Gasteiger partial charge in [0.2, 0.25) is 0 Å². The molecule has 1 aromatic carbocycles. The van der Waals surface area contributed by atoms with Crippen LogP contribution in [-0.4, -0.2) is 28.0 Å². The molecular formula is C14H17F3O3. The minimum Gasteiger partial charge on any atom is -0.479 e. The number of benzene rings is 1. The van der Waals surface area contributed by atoms with E-state index in [9.17, 15) is 23.1 Å². The number of carbonyl (C=O) groups is 1. The van der Waals surface area contributed by atoms with E-state index < -0.39 is 29.6 Å². The summed E-state index contributed by atoms with van der Waals surface area (Å²) in [6.07, 6.45) is -6.21. The molecule has 2 N–H and O–H groups in total. The first-order valence-corrected chi connectivity index (χ1v) is 6.09. The van der Waals surface area contributed by atoms with E-state index in [1.54, 1.807) is 44.2 Å². The monoisotopic (exact) mass is 290 g/mol. The molecule has 0 bridgehead atoms. The summed E-state index contributed by atoms with van der Waals surface area (Å²) in [5, 5.41) is 18.1. The number of hydrogen-bond acceptors (Lipinski definition) is 2. The number of hydrogen-bond donors (Lipinski definition) is 2. The molecular weight excluding hydrogens is 273 g/mol. The minimum absolute atomic E-state index is 0.112. The fourth-order valence-corrected chi connectivity index (χ4v) is 1.90. The van der Waals surface area contributed by atoms with Crippen molar-refractivity contribution in [2.24, 2.45) is 0 Å². The van der Waals surface area contributed by atoms with Crippen molar-refractivity contribution in [3.8, 4) is 0 Å². The SMILES string of the molecule is CC(C)(CCC(O)(C(=O)O)C(F)(F)F)c1ccccc1. The Kier molecular flexibility index (Phi) is 4.49. The molecule has 6 heteroatoms. The van der Waals surface area contributed by atoms with Gasteiger partial charge in [-0.05, 0) is 23.8 Å². The summed E-state index contributed by atoms with van der Waals surface area (Å²) in [5.41, 5.74) is -3.59. The van der Waals surface area contributed by atoms with Gasteiger partial charge in [-0.1, -0.05) is 44.2 Å².